The van der Waals surface area contributed by atoms with Crippen molar-refractivity contribution in [3.63, 3.8) is 0 Å². The van der Waals surface area contributed by atoms with Gasteiger partial charge in [0.15, 0.2) is 0 Å². The third-order valence-electron chi connectivity index (χ3n) is 2.38. The summed E-state index contributed by atoms with van der Waals surface area (Å²) in [7, 11) is 0. The molecule has 95 valence electrons. The Bertz CT molecular complexity index is 619. The highest BCUT2D eigenvalue weighted by molar-refractivity contribution is 6.02. The molecule has 2 aromatic carbocycles. The summed E-state index contributed by atoms with van der Waals surface area (Å²) in [4.78, 5) is 21.9. The van der Waals surface area contributed by atoms with E-state index in [1.54, 1.807) is 24.3 Å². The Morgan fingerprint density at radius 1 is 0.895 bits per heavy atom. The summed E-state index contributed by atoms with van der Waals surface area (Å²) in [6, 6.07) is 13.2. The molecule has 0 unspecified atom stereocenters. The molecular formula is C14H9O5. The van der Waals surface area contributed by atoms with E-state index >= 15 is 0 Å². The highest BCUT2D eigenvalue weighted by atomic mass is 16.5. The highest BCUT2D eigenvalue weighted by Gasteiger charge is 2.16. The van der Waals surface area contributed by atoms with E-state index in [1.807, 2.05) is 0 Å². The van der Waals surface area contributed by atoms with Gasteiger partial charge in [-0.2, -0.15) is 0 Å². The van der Waals surface area contributed by atoms with Crippen LogP contribution in [-0.2, 0) is 0 Å². The van der Waals surface area contributed by atoms with Crippen molar-refractivity contribution in [1.82, 2.24) is 0 Å². The Hall–Kier alpha value is -2.82. The van der Waals surface area contributed by atoms with Crippen LogP contribution in [0.15, 0.2) is 42.5 Å². The standard InChI is InChI=1S/C14H9O5/c15-13(16)11-7-6-10(8-12(11)14(17)18)19-9-4-2-1-3-5-9/h2-8H,(H,15,16)(H,17,18). The number of carboxylic acids is 2. The molecule has 0 saturated heterocycles. The van der Waals surface area contributed by atoms with E-state index in [1.165, 1.54) is 18.2 Å². The second-order valence-electron chi connectivity index (χ2n) is 3.66. The van der Waals surface area contributed by atoms with E-state index in [0.717, 1.165) is 0 Å². The summed E-state index contributed by atoms with van der Waals surface area (Å²) in [6.07, 6.45) is 0. The van der Waals surface area contributed by atoms with Crippen LogP contribution in [0.3, 0.4) is 0 Å². The fourth-order valence-electron chi connectivity index (χ4n) is 1.53. The summed E-state index contributed by atoms with van der Waals surface area (Å²) in [6.45, 7) is 0. The fraction of sp³-hybridized carbons (Fsp3) is 0. The Labute approximate surface area is 108 Å². The van der Waals surface area contributed by atoms with Gasteiger partial charge in [-0.25, -0.2) is 9.59 Å². The number of hydrogen-bond acceptors (Lipinski definition) is 3. The van der Waals surface area contributed by atoms with Crippen molar-refractivity contribution in [2.24, 2.45) is 0 Å². The van der Waals surface area contributed by atoms with E-state index in [-0.39, 0.29) is 16.9 Å². The van der Waals surface area contributed by atoms with Gasteiger partial charge in [-0.05, 0) is 36.4 Å². The summed E-state index contributed by atoms with van der Waals surface area (Å²) < 4.78 is 5.43. The van der Waals surface area contributed by atoms with Crippen LogP contribution in [0.2, 0.25) is 0 Å². The van der Waals surface area contributed by atoms with Crippen LogP contribution in [0.1, 0.15) is 20.7 Å². The number of hydrogen-bond donors (Lipinski definition) is 2. The minimum atomic E-state index is -1.32. The molecule has 0 aromatic heterocycles. The zero-order chi connectivity index (χ0) is 13.8. The zero-order valence-electron chi connectivity index (χ0n) is 9.66. The molecule has 0 aliphatic rings. The number of aromatic carboxylic acids is 2. The predicted molar refractivity (Wildman–Crippen MR) is 65.7 cm³/mol. The van der Waals surface area contributed by atoms with Crippen LogP contribution in [0.5, 0.6) is 11.5 Å². The van der Waals surface area contributed by atoms with Crippen LogP contribution in [-0.4, -0.2) is 22.2 Å². The molecule has 0 atom stereocenters. The summed E-state index contributed by atoms with van der Waals surface area (Å²) in [5, 5.41) is 17.9. The molecule has 5 nitrogen and oxygen atoms in total. The topological polar surface area (TPSA) is 83.8 Å². The maximum atomic E-state index is 11.0. The van der Waals surface area contributed by atoms with Gasteiger partial charge in [0.1, 0.15) is 11.5 Å². The van der Waals surface area contributed by atoms with E-state index in [9.17, 15) is 9.59 Å². The predicted octanol–water partition coefficient (Wildman–Crippen LogP) is 2.68. The lowest BCUT2D eigenvalue weighted by atomic mass is 10.1. The molecule has 19 heavy (non-hydrogen) atoms. The molecule has 0 amide bonds. The first-order chi connectivity index (χ1) is 9.08. The van der Waals surface area contributed by atoms with Crippen LogP contribution in [0, 0.1) is 6.07 Å². The molecule has 2 rings (SSSR count). The largest absolute Gasteiger partial charge is 0.478 e. The van der Waals surface area contributed by atoms with Crippen molar-refractivity contribution >= 4 is 11.9 Å². The van der Waals surface area contributed by atoms with Gasteiger partial charge in [-0.3, -0.25) is 0 Å². The Morgan fingerprint density at radius 2 is 1.53 bits per heavy atom. The summed E-state index contributed by atoms with van der Waals surface area (Å²) in [5.74, 6) is -1.84. The second-order valence-corrected chi connectivity index (χ2v) is 3.66. The average Bonchev–Trinajstić information content (AvgIpc) is 2.39. The Morgan fingerprint density at radius 3 is 2.11 bits per heavy atom. The van der Waals surface area contributed by atoms with E-state index in [0.29, 0.717) is 5.75 Å². The first kappa shape index (κ1) is 12.6. The van der Waals surface area contributed by atoms with Gasteiger partial charge in [-0.1, -0.05) is 12.1 Å². The van der Waals surface area contributed by atoms with Gasteiger partial charge >= 0.3 is 11.9 Å². The minimum absolute atomic E-state index is 0.258. The van der Waals surface area contributed by atoms with E-state index < -0.39 is 11.9 Å². The molecule has 5 heteroatoms. The van der Waals surface area contributed by atoms with Crippen LogP contribution in [0.25, 0.3) is 0 Å². The Balaban J connectivity index is 2.36. The van der Waals surface area contributed by atoms with Crippen molar-refractivity contribution in [3.05, 3.63) is 59.7 Å². The van der Waals surface area contributed by atoms with Gasteiger partial charge in [0.25, 0.3) is 0 Å². The number of rotatable bonds is 4. The molecule has 0 spiro atoms. The lowest BCUT2D eigenvalue weighted by Crippen LogP contribution is -2.07. The maximum absolute atomic E-state index is 11.0. The lowest BCUT2D eigenvalue weighted by Gasteiger charge is -2.07. The molecule has 2 N–H and O–H groups in total. The normalized spacial score (nSPS) is 9.89. The molecule has 0 saturated carbocycles. The molecule has 0 heterocycles. The highest BCUT2D eigenvalue weighted by Crippen LogP contribution is 2.24. The Kier molecular flexibility index (Phi) is 3.47. The van der Waals surface area contributed by atoms with Crippen molar-refractivity contribution in [1.29, 1.82) is 0 Å². The van der Waals surface area contributed by atoms with Crippen molar-refractivity contribution in [2.75, 3.05) is 0 Å². The smallest absolute Gasteiger partial charge is 0.336 e. The zero-order valence-corrected chi connectivity index (χ0v) is 9.66. The SMILES string of the molecule is O=C(O)c1ccc(Oc2cc[c]cc2)cc1C(=O)O. The number of benzene rings is 2. The summed E-state index contributed by atoms with van der Waals surface area (Å²) >= 11 is 0. The van der Waals surface area contributed by atoms with Crippen LogP contribution in [0.4, 0.5) is 0 Å². The van der Waals surface area contributed by atoms with Gasteiger partial charge in [0.05, 0.1) is 11.1 Å². The van der Waals surface area contributed by atoms with Gasteiger partial charge in [-0.15, -0.1) is 0 Å². The first-order valence-electron chi connectivity index (χ1n) is 5.32. The van der Waals surface area contributed by atoms with Crippen molar-refractivity contribution in [3.8, 4) is 11.5 Å². The average molecular weight is 257 g/mol. The third-order valence-corrected chi connectivity index (χ3v) is 2.38. The van der Waals surface area contributed by atoms with E-state index in [2.05, 4.69) is 6.07 Å². The summed E-state index contributed by atoms with van der Waals surface area (Å²) in [5.41, 5.74) is -0.589. The molecule has 0 bridgehead atoms. The molecule has 0 aliphatic heterocycles. The molecule has 1 radical (unpaired) electrons. The third kappa shape index (κ3) is 2.90. The molecule has 0 fully saturated rings. The monoisotopic (exact) mass is 257 g/mol. The molecular weight excluding hydrogens is 248 g/mol. The second kappa shape index (κ2) is 5.22. The first-order valence-corrected chi connectivity index (χ1v) is 5.32. The number of carboxylic acid groups (broad SMARTS) is 2. The fourth-order valence-corrected chi connectivity index (χ4v) is 1.53. The number of carbonyl (C=O) groups is 2. The lowest BCUT2D eigenvalue weighted by molar-refractivity contribution is 0.0651. The van der Waals surface area contributed by atoms with Crippen molar-refractivity contribution < 1.29 is 24.5 Å². The van der Waals surface area contributed by atoms with E-state index in [4.69, 9.17) is 14.9 Å². The minimum Gasteiger partial charge on any atom is -0.478 e. The van der Waals surface area contributed by atoms with Crippen LogP contribution < -0.4 is 4.74 Å². The number of ether oxygens (including phenoxy) is 1. The van der Waals surface area contributed by atoms with Gasteiger partial charge < -0.3 is 14.9 Å². The molecule has 2 aromatic rings. The van der Waals surface area contributed by atoms with Crippen LogP contribution >= 0.6 is 0 Å². The van der Waals surface area contributed by atoms with Gasteiger partial charge in [0.2, 0.25) is 0 Å². The molecule has 0 aliphatic carbocycles. The maximum Gasteiger partial charge on any atom is 0.336 e. The van der Waals surface area contributed by atoms with Gasteiger partial charge in [0, 0.05) is 0 Å². The quantitative estimate of drug-likeness (QED) is 0.879. The van der Waals surface area contributed by atoms with Crippen molar-refractivity contribution in [2.45, 2.75) is 0 Å².